The van der Waals surface area contributed by atoms with E-state index in [-0.39, 0.29) is 52.9 Å². The molecule has 7 aliphatic rings. The van der Waals surface area contributed by atoms with Crippen LogP contribution in [-0.2, 0) is 28.5 Å². The van der Waals surface area contributed by atoms with E-state index < -0.39 is 11.2 Å². The van der Waals surface area contributed by atoms with Gasteiger partial charge in [0.05, 0.1) is 11.7 Å². The van der Waals surface area contributed by atoms with Gasteiger partial charge in [0.1, 0.15) is 36.1 Å². The van der Waals surface area contributed by atoms with Gasteiger partial charge in [0.2, 0.25) is 0 Å². The van der Waals surface area contributed by atoms with E-state index in [2.05, 4.69) is 41.5 Å². The number of hydrogen-bond acceptors (Lipinski definition) is 6. The third-order valence-corrected chi connectivity index (χ3v) is 9.54. The lowest BCUT2D eigenvalue weighted by molar-refractivity contribution is -0.169. The summed E-state index contributed by atoms with van der Waals surface area (Å²) in [6.45, 7) is 13.6. The summed E-state index contributed by atoms with van der Waals surface area (Å²) < 4.78 is 32.2. The minimum atomic E-state index is -0.449. The van der Waals surface area contributed by atoms with Gasteiger partial charge in [-0.25, -0.2) is 4.79 Å². The molecule has 3 saturated heterocycles. The minimum absolute atomic E-state index is 0.0534. The maximum Gasteiger partial charge on any atom is 0.334 e. The van der Waals surface area contributed by atoms with E-state index in [4.69, 9.17) is 23.7 Å². The molecule has 30 heavy (non-hydrogen) atoms. The van der Waals surface area contributed by atoms with E-state index in [1.165, 1.54) is 5.57 Å². The van der Waals surface area contributed by atoms with Crippen molar-refractivity contribution >= 4 is 5.97 Å². The fourth-order valence-electron chi connectivity index (χ4n) is 8.20. The molecule has 6 nitrogen and oxygen atoms in total. The maximum absolute atomic E-state index is 12.3. The Bertz CT molecular complexity index is 917. The molecule has 4 heterocycles. The van der Waals surface area contributed by atoms with E-state index in [0.29, 0.717) is 12.5 Å². The Morgan fingerprint density at radius 3 is 2.60 bits per heavy atom. The molecule has 9 atom stereocenters. The van der Waals surface area contributed by atoms with Gasteiger partial charge >= 0.3 is 5.97 Å². The van der Waals surface area contributed by atoms with Gasteiger partial charge in [-0.05, 0) is 57.4 Å². The third kappa shape index (κ3) is 1.70. The highest BCUT2D eigenvalue weighted by Crippen LogP contribution is 2.83. The second kappa shape index (κ2) is 4.85. The van der Waals surface area contributed by atoms with Gasteiger partial charge in [-0.1, -0.05) is 20.8 Å². The fraction of sp³-hybridized carbons (Fsp3) is 0.875. The van der Waals surface area contributed by atoms with E-state index in [0.717, 1.165) is 24.8 Å². The highest BCUT2D eigenvalue weighted by atomic mass is 16.8. The summed E-state index contributed by atoms with van der Waals surface area (Å²) in [7, 11) is 0. The number of esters is 1. The summed E-state index contributed by atoms with van der Waals surface area (Å²) >= 11 is 0. The molecule has 7 rings (SSSR count). The van der Waals surface area contributed by atoms with Gasteiger partial charge in [-0.15, -0.1) is 0 Å². The van der Waals surface area contributed by atoms with Crippen LogP contribution in [-0.4, -0.2) is 59.4 Å². The van der Waals surface area contributed by atoms with Gasteiger partial charge in [0.15, 0.2) is 5.60 Å². The van der Waals surface area contributed by atoms with Gasteiger partial charge in [-0.3, -0.25) is 0 Å². The summed E-state index contributed by atoms with van der Waals surface area (Å²) in [5.41, 5.74) is 0.530. The van der Waals surface area contributed by atoms with Crippen molar-refractivity contribution in [3.63, 3.8) is 0 Å². The fourth-order valence-corrected chi connectivity index (χ4v) is 8.20. The van der Waals surface area contributed by atoms with E-state index in [9.17, 15) is 4.79 Å². The van der Waals surface area contributed by atoms with Crippen molar-refractivity contribution in [1.29, 1.82) is 0 Å². The predicted octanol–water partition coefficient (Wildman–Crippen LogP) is 2.93. The van der Waals surface area contributed by atoms with Crippen molar-refractivity contribution in [1.82, 2.24) is 0 Å². The van der Waals surface area contributed by atoms with Crippen molar-refractivity contribution in [3.8, 4) is 0 Å². The molecule has 0 aromatic rings. The molecule has 5 fully saturated rings. The molecule has 4 aliphatic heterocycles. The maximum atomic E-state index is 12.3. The molecule has 2 saturated carbocycles. The minimum Gasteiger partial charge on any atom is -0.458 e. The van der Waals surface area contributed by atoms with Crippen LogP contribution < -0.4 is 0 Å². The number of carbonyl (C=O) groups excluding carboxylic acids is 1. The van der Waals surface area contributed by atoms with Crippen LogP contribution in [0.1, 0.15) is 60.8 Å². The molecule has 0 radical (unpaired) electrons. The van der Waals surface area contributed by atoms with Crippen molar-refractivity contribution in [2.75, 3.05) is 6.61 Å². The monoisotopic (exact) mass is 416 g/mol. The molecule has 164 valence electrons. The van der Waals surface area contributed by atoms with Crippen molar-refractivity contribution in [2.24, 2.45) is 17.3 Å². The molecule has 3 aliphatic carbocycles. The van der Waals surface area contributed by atoms with Crippen LogP contribution in [0.15, 0.2) is 11.1 Å². The van der Waals surface area contributed by atoms with Crippen LogP contribution in [0, 0.1) is 17.3 Å². The zero-order chi connectivity index (χ0) is 21.1. The average molecular weight is 417 g/mol. The van der Waals surface area contributed by atoms with Crippen LogP contribution in [0.5, 0.6) is 0 Å². The topological polar surface area (TPSA) is 73.1 Å². The summed E-state index contributed by atoms with van der Waals surface area (Å²) in [4.78, 5) is 12.3. The highest BCUT2D eigenvalue weighted by Gasteiger charge is 3.00. The van der Waals surface area contributed by atoms with Crippen molar-refractivity contribution < 1.29 is 28.5 Å². The standard InChI is InChI=1S/C24H32O6/c1-11(2)22-16(28-22)17-24(29-17)21(6)8-7-12-13(10-26-18(12)25)14(21)9-15-23(24,27-15)19(22)30-20(3,4)5/h11,14-17,19H,7-10H2,1-6H3/t14-,15-,16-,17-,19+,21-,22-,23+,24+/m0/s1. The lowest BCUT2D eigenvalue weighted by atomic mass is 9.46. The van der Waals surface area contributed by atoms with Gasteiger partial charge in [0.25, 0.3) is 0 Å². The predicted molar refractivity (Wildman–Crippen MR) is 106 cm³/mol. The first-order valence-electron chi connectivity index (χ1n) is 11.6. The largest absolute Gasteiger partial charge is 0.458 e. The second-order valence-corrected chi connectivity index (χ2v) is 12.1. The second-order valence-electron chi connectivity index (χ2n) is 12.1. The molecule has 0 bridgehead atoms. The van der Waals surface area contributed by atoms with Crippen molar-refractivity contribution in [3.05, 3.63) is 11.1 Å². The Balaban J connectivity index is 1.37. The summed E-state index contributed by atoms with van der Waals surface area (Å²) in [5, 5.41) is 0. The number of carbonyl (C=O) groups is 1. The van der Waals surface area contributed by atoms with Crippen LogP contribution >= 0.6 is 0 Å². The Morgan fingerprint density at radius 1 is 1.13 bits per heavy atom. The quantitative estimate of drug-likeness (QED) is 0.509. The highest BCUT2D eigenvalue weighted by molar-refractivity contribution is 5.92. The Morgan fingerprint density at radius 2 is 1.90 bits per heavy atom. The summed E-state index contributed by atoms with van der Waals surface area (Å²) in [6.07, 6.45) is 2.65. The number of epoxide rings is 3. The summed E-state index contributed by atoms with van der Waals surface area (Å²) in [6, 6.07) is 0. The Hall–Kier alpha value is -0.950. The molecule has 6 heteroatoms. The van der Waals surface area contributed by atoms with Crippen LogP contribution in [0.2, 0.25) is 0 Å². The average Bonchev–Trinajstić information content (AvgIpc) is 3.52. The number of hydrogen-bond donors (Lipinski definition) is 0. The Labute approximate surface area is 177 Å². The zero-order valence-corrected chi connectivity index (χ0v) is 18.7. The lowest BCUT2D eigenvalue weighted by Crippen LogP contribution is -2.70. The first kappa shape index (κ1) is 18.6. The normalized spacial score (nSPS) is 56.9. The molecule has 2 spiro atoms. The van der Waals surface area contributed by atoms with E-state index in [1.807, 2.05) is 0 Å². The summed E-state index contributed by atoms with van der Waals surface area (Å²) in [5.74, 6) is 0.468. The lowest BCUT2D eigenvalue weighted by Gasteiger charge is -2.54. The van der Waals surface area contributed by atoms with Crippen LogP contribution in [0.4, 0.5) is 0 Å². The van der Waals surface area contributed by atoms with Gasteiger partial charge < -0.3 is 23.7 Å². The van der Waals surface area contributed by atoms with E-state index in [1.54, 1.807) is 0 Å². The SMILES string of the molecule is CC(C)[C@]12O[C@H]1[C@@H]1O[C@]13[C@]1(O[C@H]1C[C@H]1C4=C(CC[C@@]13C)C(=O)OC4)[C@@H]2OC(C)(C)C. The first-order chi connectivity index (χ1) is 14.0. The molecular formula is C24H32O6. The van der Waals surface area contributed by atoms with Crippen LogP contribution in [0.25, 0.3) is 0 Å². The van der Waals surface area contributed by atoms with Crippen LogP contribution in [0.3, 0.4) is 0 Å². The van der Waals surface area contributed by atoms with Crippen molar-refractivity contribution in [2.45, 2.75) is 108 Å². The number of rotatable bonds is 2. The number of cyclic esters (lactones) is 1. The molecule has 0 N–H and O–H groups in total. The molecule has 0 unspecified atom stereocenters. The molecule has 0 aromatic carbocycles. The zero-order valence-electron chi connectivity index (χ0n) is 18.7. The molecule has 0 amide bonds. The van der Waals surface area contributed by atoms with E-state index >= 15 is 0 Å². The Kier molecular flexibility index (Phi) is 3.01. The first-order valence-corrected chi connectivity index (χ1v) is 11.6. The number of fused-ring (bicyclic) bond motifs is 4. The molecular weight excluding hydrogens is 384 g/mol. The smallest absolute Gasteiger partial charge is 0.334 e. The third-order valence-electron chi connectivity index (χ3n) is 9.54. The van der Waals surface area contributed by atoms with Gasteiger partial charge in [0, 0.05) is 11.0 Å². The van der Waals surface area contributed by atoms with Gasteiger partial charge in [-0.2, -0.15) is 0 Å². The molecule has 0 aromatic heterocycles. The number of ether oxygens (including phenoxy) is 5.